The average molecular weight is 379 g/mol. The minimum absolute atomic E-state index is 0.0116. The number of para-hydroxylation sites is 1. The Bertz CT molecular complexity index is 764. The fourth-order valence-corrected chi connectivity index (χ4v) is 5.14. The highest BCUT2D eigenvalue weighted by Crippen LogP contribution is 2.64. The van der Waals surface area contributed by atoms with Crippen LogP contribution >= 0.6 is 15.9 Å². The molecule has 2 fully saturated rings. The third-order valence-corrected chi connectivity index (χ3v) is 5.94. The summed E-state index contributed by atoms with van der Waals surface area (Å²) in [6.07, 6.45) is 3.53. The van der Waals surface area contributed by atoms with Crippen molar-refractivity contribution in [1.29, 1.82) is 0 Å². The van der Waals surface area contributed by atoms with Gasteiger partial charge in [-0.2, -0.15) is 0 Å². The average Bonchev–Trinajstić information content (AvgIpc) is 3.25. The number of halogens is 1. The fraction of sp³-hybridized carbons (Fsp3) is 0.438. The van der Waals surface area contributed by atoms with Gasteiger partial charge in [-0.15, -0.1) is 0 Å². The van der Waals surface area contributed by atoms with Crippen LogP contribution in [0.4, 0.5) is 5.69 Å². The van der Waals surface area contributed by atoms with Crippen LogP contribution in [-0.2, 0) is 15.1 Å². The summed E-state index contributed by atoms with van der Waals surface area (Å²) in [4.78, 5) is 26.1. The van der Waals surface area contributed by atoms with E-state index in [-0.39, 0.29) is 17.5 Å². The summed E-state index contributed by atoms with van der Waals surface area (Å²) in [6, 6.07) is 6.35. The Morgan fingerprint density at radius 3 is 2.87 bits per heavy atom. The van der Waals surface area contributed by atoms with E-state index in [9.17, 15) is 14.9 Å². The maximum atomic E-state index is 13.0. The minimum Gasteiger partial charge on any atom is -0.372 e. The Balaban J connectivity index is 1.97. The quantitative estimate of drug-likeness (QED) is 0.459. The molecule has 2 heterocycles. The highest BCUT2D eigenvalue weighted by atomic mass is 79.9. The van der Waals surface area contributed by atoms with E-state index >= 15 is 0 Å². The van der Waals surface area contributed by atoms with Gasteiger partial charge in [-0.3, -0.25) is 19.8 Å². The number of fused-ring (bicyclic) bond motifs is 1. The number of Topliss-reactive ketones (excluding diaryl/α,β-unsaturated/α-hetero) is 1. The van der Waals surface area contributed by atoms with Crippen LogP contribution in [0, 0.1) is 10.1 Å². The van der Waals surface area contributed by atoms with Gasteiger partial charge in [-0.1, -0.05) is 12.1 Å². The molecule has 1 aliphatic carbocycles. The van der Waals surface area contributed by atoms with Crippen molar-refractivity contribution in [3.63, 3.8) is 0 Å². The number of nitro groups is 1. The van der Waals surface area contributed by atoms with Crippen molar-refractivity contribution < 1.29 is 14.5 Å². The molecule has 0 saturated carbocycles. The molecule has 4 rings (SSSR count). The van der Waals surface area contributed by atoms with E-state index < -0.39 is 16.1 Å². The van der Waals surface area contributed by atoms with Gasteiger partial charge in [0.15, 0.2) is 5.78 Å². The maximum absolute atomic E-state index is 13.0. The third kappa shape index (κ3) is 1.67. The van der Waals surface area contributed by atoms with Crippen molar-refractivity contribution in [2.45, 2.75) is 30.0 Å². The van der Waals surface area contributed by atoms with Gasteiger partial charge in [0, 0.05) is 19.7 Å². The summed E-state index contributed by atoms with van der Waals surface area (Å²) in [7, 11) is 1.64. The molecule has 2 saturated heterocycles. The molecule has 0 spiro atoms. The second kappa shape index (κ2) is 4.72. The van der Waals surface area contributed by atoms with Gasteiger partial charge < -0.3 is 4.74 Å². The van der Waals surface area contributed by atoms with Crippen LogP contribution in [0.5, 0.6) is 0 Å². The van der Waals surface area contributed by atoms with E-state index in [0.29, 0.717) is 10.0 Å². The number of methoxy groups -OCH3 is 1. The number of benzene rings is 1. The molecule has 6 nitrogen and oxygen atoms in total. The second-order valence-corrected chi connectivity index (χ2v) is 7.07. The van der Waals surface area contributed by atoms with Gasteiger partial charge in [-0.05, 0) is 40.9 Å². The van der Waals surface area contributed by atoms with Crippen LogP contribution in [0.15, 0.2) is 34.8 Å². The van der Waals surface area contributed by atoms with Crippen LogP contribution in [0.2, 0.25) is 0 Å². The summed E-state index contributed by atoms with van der Waals surface area (Å²) >= 11 is 3.36. The van der Waals surface area contributed by atoms with Gasteiger partial charge >= 0.3 is 0 Å². The van der Waals surface area contributed by atoms with Crippen molar-refractivity contribution in [2.75, 3.05) is 13.7 Å². The molecule has 1 aromatic rings. The largest absolute Gasteiger partial charge is 0.372 e. The number of ether oxygens (including phenoxy) is 1. The molecule has 23 heavy (non-hydrogen) atoms. The molecule has 0 radical (unpaired) electrons. The first-order valence-electron chi connectivity index (χ1n) is 7.48. The first-order valence-corrected chi connectivity index (χ1v) is 8.27. The number of hydrogen-bond acceptors (Lipinski definition) is 5. The monoisotopic (exact) mass is 378 g/mol. The van der Waals surface area contributed by atoms with E-state index in [4.69, 9.17) is 4.74 Å². The Kier molecular flexibility index (Phi) is 3.07. The molecule has 3 aliphatic rings. The fourth-order valence-electron chi connectivity index (χ4n) is 4.45. The van der Waals surface area contributed by atoms with Crippen molar-refractivity contribution in [1.82, 2.24) is 4.90 Å². The summed E-state index contributed by atoms with van der Waals surface area (Å²) in [5, 5.41) is 11.5. The molecule has 0 aromatic heterocycles. The summed E-state index contributed by atoms with van der Waals surface area (Å²) < 4.78 is 6.24. The molecule has 2 aliphatic heterocycles. The zero-order chi connectivity index (χ0) is 16.4. The summed E-state index contributed by atoms with van der Waals surface area (Å²) in [6.45, 7) is 0.738. The van der Waals surface area contributed by atoms with E-state index in [1.807, 2.05) is 6.08 Å². The highest BCUT2D eigenvalue weighted by Gasteiger charge is 2.79. The highest BCUT2D eigenvalue weighted by molar-refractivity contribution is 9.12. The number of nitrogens with zero attached hydrogens (tertiary/aromatic N) is 2. The lowest BCUT2D eigenvalue weighted by molar-refractivity contribution is -0.385. The first-order chi connectivity index (χ1) is 11.0. The van der Waals surface area contributed by atoms with Crippen LogP contribution in [0.25, 0.3) is 0 Å². The summed E-state index contributed by atoms with van der Waals surface area (Å²) in [5.74, 6) is -0.119. The van der Waals surface area contributed by atoms with Gasteiger partial charge in [0.25, 0.3) is 5.69 Å². The Hall–Kier alpha value is -1.57. The Labute approximate surface area is 141 Å². The van der Waals surface area contributed by atoms with E-state index in [1.165, 1.54) is 6.07 Å². The minimum atomic E-state index is -0.982. The van der Waals surface area contributed by atoms with E-state index in [0.717, 1.165) is 19.4 Å². The Morgan fingerprint density at radius 2 is 2.17 bits per heavy atom. The molecule has 0 N–H and O–H groups in total. The normalized spacial score (nSPS) is 37.8. The molecule has 7 heteroatoms. The predicted molar refractivity (Wildman–Crippen MR) is 86.3 cm³/mol. The molecular weight excluding hydrogens is 364 g/mol. The molecule has 0 bridgehead atoms. The standard InChI is InChI=1S/C16H15BrN2O4/c1-23-15-7-4-8-18-14(15)16(18,13(20)11(17)9-15)10-5-2-3-6-12(10)19(21)22/h2-3,5-6,9,14H,4,7-8H2,1H3/t14-,15+,16+,18?/m0/s1. The van der Waals surface area contributed by atoms with Crippen molar-refractivity contribution in [2.24, 2.45) is 0 Å². The van der Waals surface area contributed by atoms with Crippen LogP contribution < -0.4 is 0 Å². The molecule has 4 atom stereocenters. The van der Waals surface area contributed by atoms with Gasteiger partial charge in [-0.25, -0.2) is 0 Å². The van der Waals surface area contributed by atoms with Gasteiger partial charge in [0.2, 0.25) is 0 Å². The first kappa shape index (κ1) is 15.0. The predicted octanol–water partition coefficient (Wildman–Crippen LogP) is 2.51. The number of carbonyl (C=O) groups excluding carboxylic acids is 1. The zero-order valence-electron chi connectivity index (χ0n) is 12.5. The van der Waals surface area contributed by atoms with Gasteiger partial charge in [0.05, 0.1) is 21.0 Å². The van der Waals surface area contributed by atoms with Crippen LogP contribution in [0.3, 0.4) is 0 Å². The number of carbonyl (C=O) groups is 1. The van der Waals surface area contributed by atoms with Crippen molar-refractivity contribution in [3.8, 4) is 0 Å². The molecule has 1 unspecified atom stereocenters. The number of nitro benzene ring substituents is 1. The third-order valence-electron chi connectivity index (χ3n) is 5.35. The Morgan fingerprint density at radius 1 is 1.43 bits per heavy atom. The molecular formula is C16H15BrN2O4. The number of piperidine rings is 1. The van der Waals surface area contributed by atoms with E-state index in [2.05, 4.69) is 20.8 Å². The van der Waals surface area contributed by atoms with Crippen molar-refractivity contribution in [3.05, 3.63) is 50.5 Å². The number of rotatable bonds is 3. The number of ketones is 1. The summed E-state index contributed by atoms with van der Waals surface area (Å²) in [5.41, 5.74) is -1.10. The van der Waals surface area contributed by atoms with Crippen molar-refractivity contribution >= 4 is 27.4 Å². The zero-order valence-corrected chi connectivity index (χ0v) is 14.1. The lowest BCUT2D eigenvalue weighted by Crippen LogP contribution is -2.46. The van der Waals surface area contributed by atoms with Crippen LogP contribution in [-0.4, -0.2) is 40.9 Å². The number of hydrogen-bond donors (Lipinski definition) is 0. The molecule has 1 aromatic carbocycles. The van der Waals surface area contributed by atoms with Crippen LogP contribution in [0.1, 0.15) is 18.4 Å². The SMILES string of the molecule is CO[C@]12C=C(Br)C(=O)[C@]3(c4ccccc4[N+](=O)[O-])[C@H]1N3CCC2. The maximum Gasteiger partial charge on any atom is 0.275 e. The molecule has 120 valence electrons. The van der Waals surface area contributed by atoms with Gasteiger partial charge in [0.1, 0.15) is 11.1 Å². The topological polar surface area (TPSA) is 72.5 Å². The second-order valence-electron chi connectivity index (χ2n) is 6.22. The molecule has 0 amide bonds. The lowest BCUT2D eigenvalue weighted by atomic mass is 9.76. The lowest BCUT2D eigenvalue weighted by Gasteiger charge is -2.35. The smallest absolute Gasteiger partial charge is 0.275 e. The van der Waals surface area contributed by atoms with E-state index in [1.54, 1.807) is 25.3 Å².